The normalized spacial score (nSPS) is 22.7. The Bertz CT molecular complexity index is 220. The van der Waals surface area contributed by atoms with Crippen molar-refractivity contribution in [2.45, 2.75) is 51.0 Å². The van der Waals surface area contributed by atoms with Crippen molar-refractivity contribution in [1.29, 1.82) is 0 Å². The van der Waals surface area contributed by atoms with Gasteiger partial charge in [-0.15, -0.1) is 0 Å². The summed E-state index contributed by atoms with van der Waals surface area (Å²) in [6.45, 7) is 1.16. The van der Waals surface area contributed by atoms with Crippen LogP contribution >= 0.6 is 0 Å². The van der Waals surface area contributed by atoms with E-state index in [1.807, 2.05) is 0 Å². The van der Waals surface area contributed by atoms with Gasteiger partial charge in [0.25, 0.3) is 0 Å². The van der Waals surface area contributed by atoms with E-state index in [2.05, 4.69) is 4.90 Å². The molecule has 2 saturated carbocycles. The summed E-state index contributed by atoms with van der Waals surface area (Å²) in [6, 6.07) is 0.531. The van der Waals surface area contributed by atoms with Gasteiger partial charge >= 0.3 is 0 Å². The summed E-state index contributed by atoms with van der Waals surface area (Å²) >= 11 is 0. The minimum Gasteiger partial charge on any atom is -0.338 e. The van der Waals surface area contributed by atoms with Gasteiger partial charge in [-0.05, 0) is 31.6 Å². The summed E-state index contributed by atoms with van der Waals surface area (Å²) < 4.78 is 0. The molecule has 0 bridgehead atoms. The Morgan fingerprint density at radius 1 is 1.13 bits per heavy atom. The van der Waals surface area contributed by atoms with E-state index < -0.39 is 0 Å². The second kappa shape index (κ2) is 4.97. The molecule has 0 spiro atoms. The topological polar surface area (TPSA) is 46.3 Å². The molecule has 0 heterocycles. The average Bonchev–Trinajstić information content (AvgIpc) is 3.10. The molecule has 2 fully saturated rings. The molecule has 3 heteroatoms. The van der Waals surface area contributed by atoms with Crippen LogP contribution in [0.3, 0.4) is 0 Å². The van der Waals surface area contributed by atoms with Gasteiger partial charge in [-0.2, -0.15) is 0 Å². The van der Waals surface area contributed by atoms with Gasteiger partial charge in [-0.3, -0.25) is 4.79 Å². The lowest BCUT2D eigenvalue weighted by molar-refractivity contribution is -0.131. The van der Waals surface area contributed by atoms with Crippen LogP contribution in [0.15, 0.2) is 0 Å². The first-order valence-corrected chi connectivity index (χ1v) is 6.31. The second-order valence-electron chi connectivity index (χ2n) is 4.99. The zero-order valence-electron chi connectivity index (χ0n) is 9.45. The second-order valence-corrected chi connectivity index (χ2v) is 4.99. The van der Waals surface area contributed by atoms with Crippen LogP contribution in [0.4, 0.5) is 0 Å². The van der Waals surface area contributed by atoms with Gasteiger partial charge in [0.2, 0.25) is 5.91 Å². The van der Waals surface area contributed by atoms with Crippen molar-refractivity contribution in [2.24, 2.45) is 11.7 Å². The monoisotopic (exact) mass is 210 g/mol. The molecule has 2 aliphatic carbocycles. The molecule has 0 aromatic carbocycles. The van der Waals surface area contributed by atoms with Crippen LogP contribution in [-0.4, -0.2) is 29.9 Å². The predicted molar refractivity (Wildman–Crippen MR) is 60.4 cm³/mol. The largest absolute Gasteiger partial charge is 0.338 e. The highest BCUT2D eigenvalue weighted by molar-refractivity contribution is 5.78. The van der Waals surface area contributed by atoms with Gasteiger partial charge in [0.15, 0.2) is 0 Å². The van der Waals surface area contributed by atoms with Crippen molar-refractivity contribution >= 4 is 5.91 Å². The Morgan fingerprint density at radius 2 is 1.80 bits per heavy atom. The van der Waals surface area contributed by atoms with Crippen LogP contribution in [0, 0.1) is 5.92 Å². The molecule has 2 aliphatic rings. The third-order valence-electron chi connectivity index (χ3n) is 3.66. The Hall–Kier alpha value is -0.570. The number of nitrogens with two attached hydrogens (primary N) is 1. The maximum atomic E-state index is 11.7. The molecule has 15 heavy (non-hydrogen) atoms. The van der Waals surface area contributed by atoms with Gasteiger partial charge in [-0.1, -0.05) is 19.3 Å². The molecule has 0 unspecified atom stereocenters. The lowest BCUT2D eigenvalue weighted by atomic mass is 9.89. The molecular formula is C12H22N2O. The predicted octanol–water partition coefficient (Wildman–Crippen LogP) is 1.52. The van der Waals surface area contributed by atoms with Crippen molar-refractivity contribution in [3.05, 3.63) is 0 Å². The van der Waals surface area contributed by atoms with Gasteiger partial charge in [-0.25, -0.2) is 0 Å². The highest BCUT2D eigenvalue weighted by atomic mass is 16.2. The smallest absolute Gasteiger partial charge is 0.236 e. The van der Waals surface area contributed by atoms with E-state index in [1.54, 1.807) is 0 Å². The molecule has 3 nitrogen and oxygen atoms in total. The lowest BCUT2D eigenvalue weighted by Crippen LogP contribution is -2.41. The SMILES string of the molecule is NCC(=O)N(CC1CCCCC1)C1CC1. The van der Waals surface area contributed by atoms with Crippen LogP contribution in [0.2, 0.25) is 0 Å². The van der Waals surface area contributed by atoms with E-state index in [9.17, 15) is 4.79 Å². The Kier molecular flexibility index (Phi) is 3.62. The summed E-state index contributed by atoms with van der Waals surface area (Å²) in [5, 5.41) is 0. The lowest BCUT2D eigenvalue weighted by Gasteiger charge is -2.29. The maximum Gasteiger partial charge on any atom is 0.236 e. The summed E-state index contributed by atoms with van der Waals surface area (Å²) in [5.41, 5.74) is 5.45. The van der Waals surface area contributed by atoms with E-state index in [1.165, 1.54) is 44.9 Å². The number of hydrogen-bond donors (Lipinski definition) is 1. The first kappa shape index (κ1) is 10.9. The van der Waals surface area contributed by atoms with Gasteiger partial charge in [0, 0.05) is 12.6 Å². The van der Waals surface area contributed by atoms with Crippen LogP contribution in [0.1, 0.15) is 44.9 Å². The number of amides is 1. The van der Waals surface area contributed by atoms with E-state index in [4.69, 9.17) is 5.73 Å². The fourth-order valence-electron chi connectivity index (χ4n) is 2.61. The van der Waals surface area contributed by atoms with Gasteiger partial charge in [0.1, 0.15) is 0 Å². The highest BCUT2D eigenvalue weighted by Gasteiger charge is 2.33. The number of hydrogen-bond acceptors (Lipinski definition) is 2. The Morgan fingerprint density at radius 3 is 2.33 bits per heavy atom. The van der Waals surface area contributed by atoms with Crippen molar-refractivity contribution in [2.75, 3.05) is 13.1 Å². The minimum atomic E-state index is 0.156. The van der Waals surface area contributed by atoms with Crippen molar-refractivity contribution in [3.8, 4) is 0 Å². The summed E-state index contributed by atoms with van der Waals surface area (Å²) in [5.74, 6) is 0.901. The van der Waals surface area contributed by atoms with Crippen LogP contribution in [0.25, 0.3) is 0 Å². The number of carbonyl (C=O) groups excluding carboxylic acids is 1. The molecule has 2 rings (SSSR count). The molecule has 0 atom stereocenters. The standard InChI is InChI=1S/C12H22N2O/c13-8-12(15)14(11-6-7-11)9-10-4-2-1-3-5-10/h10-11H,1-9,13H2. The van der Waals surface area contributed by atoms with Crippen LogP contribution in [0.5, 0.6) is 0 Å². The zero-order valence-corrected chi connectivity index (χ0v) is 9.45. The first-order chi connectivity index (χ1) is 7.31. The molecule has 0 aromatic heterocycles. The molecular weight excluding hydrogens is 188 g/mol. The quantitative estimate of drug-likeness (QED) is 0.764. The van der Waals surface area contributed by atoms with Crippen LogP contribution < -0.4 is 5.73 Å². The number of nitrogens with zero attached hydrogens (tertiary/aromatic N) is 1. The zero-order chi connectivity index (χ0) is 10.7. The fraction of sp³-hybridized carbons (Fsp3) is 0.917. The van der Waals surface area contributed by atoms with Crippen molar-refractivity contribution in [3.63, 3.8) is 0 Å². The van der Waals surface area contributed by atoms with Crippen molar-refractivity contribution in [1.82, 2.24) is 4.90 Å². The Balaban J connectivity index is 1.84. The fourth-order valence-corrected chi connectivity index (χ4v) is 2.61. The van der Waals surface area contributed by atoms with E-state index in [-0.39, 0.29) is 12.5 Å². The van der Waals surface area contributed by atoms with E-state index in [0.717, 1.165) is 12.5 Å². The van der Waals surface area contributed by atoms with E-state index in [0.29, 0.717) is 6.04 Å². The van der Waals surface area contributed by atoms with Crippen LogP contribution in [-0.2, 0) is 4.79 Å². The molecule has 0 aliphatic heterocycles. The average molecular weight is 210 g/mol. The van der Waals surface area contributed by atoms with E-state index >= 15 is 0 Å². The summed E-state index contributed by atoms with van der Waals surface area (Å²) in [6.07, 6.45) is 9.07. The summed E-state index contributed by atoms with van der Waals surface area (Å²) in [4.78, 5) is 13.7. The third-order valence-corrected chi connectivity index (χ3v) is 3.66. The Labute approximate surface area is 92.0 Å². The van der Waals surface area contributed by atoms with Gasteiger partial charge in [0.05, 0.1) is 6.54 Å². The minimum absolute atomic E-state index is 0.156. The highest BCUT2D eigenvalue weighted by Crippen LogP contribution is 2.31. The third kappa shape index (κ3) is 2.94. The molecule has 86 valence electrons. The summed E-state index contributed by atoms with van der Waals surface area (Å²) in [7, 11) is 0. The number of rotatable bonds is 4. The molecule has 0 radical (unpaired) electrons. The molecule has 1 amide bonds. The first-order valence-electron chi connectivity index (χ1n) is 6.31. The maximum absolute atomic E-state index is 11.7. The van der Waals surface area contributed by atoms with Gasteiger partial charge < -0.3 is 10.6 Å². The number of carbonyl (C=O) groups is 1. The molecule has 2 N–H and O–H groups in total. The molecule has 0 saturated heterocycles. The molecule has 0 aromatic rings. The van der Waals surface area contributed by atoms with Crippen molar-refractivity contribution < 1.29 is 4.79 Å².